The molecule has 1 aromatic rings. The first kappa shape index (κ1) is 15.0. The molecule has 0 aliphatic carbocycles. The average molecular weight is 595 g/mol. The van der Waals surface area contributed by atoms with Crippen LogP contribution in [-0.2, 0) is 4.29 Å². The fraction of sp³-hybridized carbons (Fsp3) is 0.250. The second-order valence-electron chi connectivity index (χ2n) is 2.84. The van der Waals surface area contributed by atoms with Crippen molar-refractivity contribution >= 4 is 101 Å². The molecule has 0 saturated carbocycles. The lowest BCUT2D eigenvalue weighted by molar-refractivity contribution is 1.29. The maximum atomic E-state index is 5.83. The van der Waals surface area contributed by atoms with Crippen LogP contribution in [-0.4, -0.2) is 0 Å². The Hall–Kier alpha value is 1.90. The molecule has 1 rings (SSSR count). The van der Waals surface area contributed by atoms with Gasteiger partial charge in [-0.3, -0.25) is 0 Å². The largest absolute Gasteiger partial charge is 0.399 e. The van der Waals surface area contributed by atoms with Crippen LogP contribution in [0.25, 0.3) is 0 Å². The lowest BCUT2D eigenvalue weighted by atomic mass is 10.1. The van der Waals surface area contributed by atoms with Gasteiger partial charge in [0, 0.05) is 5.69 Å². The maximum absolute atomic E-state index is 5.83. The van der Waals surface area contributed by atoms with Gasteiger partial charge >= 0.3 is 0 Å². The molecule has 0 unspecified atom stereocenters. The molecule has 0 bridgehead atoms. The summed E-state index contributed by atoms with van der Waals surface area (Å²) in [7, 11) is 0. The number of rotatable bonds is 0. The van der Waals surface area contributed by atoms with Crippen molar-refractivity contribution in [2.24, 2.45) is 0 Å². The summed E-state index contributed by atoms with van der Waals surface area (Å²) < 4.78 is -0.926. The van der Waals surface area contributed by atoms with Gasteiger partial charge in [0.25, 0.3) is 0 Å². The van der Waals surface area contributed by atoms with E-state index in [0.717, 1.165) is 11.1 Å². The molecule has 7 heteroatoms. The van der Waals surface area contributed by atoms with Gasteiger partial charge in [0.1, 0.15) is 0 Å². The van der Waals surface area contributed by atoms with E-state index in [9.17, 15) is 0 Å². The minimum Gasteiger partial charge on any atom is -0.399 e. The van der Waals surface area contributed by atoms with Gasteiger partial charge in [-0.25, -0.2) is 0 Å². The van der Waals surface area contributed by atoms with Crippen molar-refractivity contribution in [3.8, 4) is 0 Å². The van der Waals surface area contributed by atoms with Gasteiger partial charge in [-0.05, 0) is 29.3 Å². The Morgan fingerprint density at radius 3 is 1.33 bits per heavy atom. The highest BCUT2D eigenvalue weighted by Crippen LogP contribution is 2.49. The van der Waals surface area contributed by atoms with E-state index in [1.165, 1.54) is 0 Å². The van der Waals surface area contributed by atoms with Crippen LogP contribution < -0.4 is 5.73 Å². The predicted molar refractivity (Wildman–Crippen MR) is 87.8 cm³/mol. The van der Waals surface area contributed by atoms with Gasteiger partial charge in [-0.1, -0.05) is 95.6 Å². The quantitative estimate of drug-likeness (QED) is 0.296. The number of benzene rings is 1. The molecule has 1 aromatic carbocycles. The Bertz CT molecular complexity index is 332. The van der Waals surface area contributed by atoms with Gasteiger partial charge in [0.2, 0.25) is 0 Å². The summed E-state index contributed by atoms with van der Waals surface area (Å²) in [5.41, 5.74) is 8.46. The summed E-state index contributed by atoms with van der Waals surface area (Å²) in [5.74, 6) is 0. The van der Waals surface area contributed by atoms with Crippen LogP contribution in [0.1, 0.15) is 11.1 Å². The Kier molecular flexibility index (Phi) is 5.25. The van der Waals surface area contributed by atoms with Gasteiger partial charge in [-0.15, -0.1) is 0 Å². The number of anilines is 1. The van der Waals surface area contributed by atoms with Crippen molar-refractivity contribution in [1.29, 1.82) is 0 Å². The zero-order chi connectivity index (χ0) is 11.9. The topological polar surface area (TPSA) is 26.0 Å². The molecule has 2 N–H and O–H groups in total. The summed E-state index contributed by atoms with van der Waals surface area (Å²) in [6.45, 7) is 0. The summed E-state index contributed by atoms with van der Waals surface area (Å²) in [6.07, 6.45) is 0. The third-order valence-corrected chi connectivity index (χ3v) is 4.36. The number of alkyl halides is 6. The molecule has 0 saturated heterocycles. The van der Waals surface area contributed by atoms with Crippen LogP contribution in [0.4, 0.5) is 5.69 Å². The van der Waals surface area contributed by atoms with Crippen molar-refractivity contribution in [3.05, 3.63) is 29.3 Å². The molecular formula is C8H5Br6N. The minimum absolute atomic E-state index is 0.463. The second kappa shape index (κ2) is 5.26. The molecule has 0 spiro atoms. The van der Waals surface area contributed by atoms with Crippen LogP contribution in [0.3, 0.4) is 0 Å². The fourth-order valence-electron chi connectivity index (χ4n) is 0.979. The Labute approximate surface area is 139 Å². The van der Waals surface area contributed by atoms with Gasteiger partial charge in [-0.2, -0.15) is 0 Å². The Morgan fingerprint density at radius 1 is 0.733 bits per heavy atom. The molecular weight excluding hydrogens is 590 g/mol. The molecule has 0 radical (unpaired) electrons. The van der Waals surface area contributed by atoms with E-state index in [2.05, 4.69) is 95.6 Å². The van der Waals surface area contributed by atoms with E-state index >= 15 is 0 Å². The fourth-order valence-corrected chi connectivity index (χ4v) is 2.35. The Morgan fingerprint density at radius 2 is 1.07 bits per heavy atom. The molecule has 0 heterocycles. The van der Waals surface area contributed by atoms with Crippen molar-refractivity contribution in [3.63, 3.8) is 0 Å². The first-order chi connectivity index (χ1) is 6.60. The molecule has 84 valence electrons. The van der Waals surface area contributed by atoms with E-state index in [1.54, 1.807) is 0 Å². The van der Waals surface area contributed by atoms with E-state index in [-0.39, 0.29) is 0 Å². The van der Waals surface area contributed by atoms with E-state index in [1.807, 2.05) is 18.2 Å². The third-order valence-electron chi connectivity index (χ3n) is 1.61. The molecule has 0 aromatic heterocycles. The number of nitrogen functional groups attached to an aromatic ring is 1. The molecule has 0 atom stereocenters. The monoisotopic (exact) mass is 589 g/mol. The minimum atomic E-state index is -0.463. The lowest BCUT2D eigenvalue weighted by Gasteiger charge is -2.19. The van der Waals surface area contributed by atoms with Gasteiger partial charge < -0.3 is 5.73 Å². The van der Waals surface area contributed by atoms with Crippen LogP contribution in [0.15, 0.2) is 18.2 Å². The first-order valence-corrected chi connectivity index (χ1v) is 8.41. The zero-order valence-corrected chi connectivity index (χ0v) is 16.6. The summed E-state index contributed by atoms with van der Waals surface area (Å²) in [5, 5.41) is 0. The normalized spacial score (nSPS) is 12.9. The van der Waals surface area contributed by atoms with Gasteiger partial charge in [0.05, 0.1) is 0 Å². The highest BCUT2D eigenvalue weighted by Gasteiger charge is 2.26. The SMILES string of the molecule is Nc1cc(C(Br)(Br)Br)cc(C(Br)(Br)Br)c1. The van der Waals surface area contributed by atoms with Crippen LogP contribution in [0.5, 0.6) is 0 Å². The molecule has 0 aliphatic rings. The molecule has 1 nitrogen and oxygen atoms in total. The number of hydrogen-bond acceptors (Lipinski definition) is 1. The summed E-state index contributed by atoms with van der Waals surface area (Å²) in [6, 6.07) is 5.74. The third kappa shape index (κ3) is 4.58. The van der Waals surface area contributed by atoms with Crippen molar-refractivity contribution in [2.75, 3.05) is 5.73 Å². The Balaban J connectivity index is 3.30. The van der Waals surface area contributed by atoms with Gasteiger partial charge in [0.15, 0.2) is 4.29 Å². The molecule has 0 fully saturated rings. The molecule has 0 amide bonds. The lowest BCUT2D eigenvalue weighted by Crippen LogP contribution is -2.05. The summed E-state index contributed by atoms with van der Waals surface area (Å²) >= 11 is 20.7. The van der Waals surface area contributed by atoms with Crippen LogP contribution in [0, 0.1) is 0 Å². The second-order valence-corrected chi connectivity index (χ2v) is 16.4. The van der Waals surface area contributed by atoms with E-state index in [4.69, 9.17) is 5.73 Å². The number of hydrogen-bond donors (Lipinski definition) is 1. The standard InChI is InChI=1S/C8H5Br6N/c9-7(10,11)4-1-5(8(12,13)14)3-6(15)2-4/h1-3H,15H2. The number of halogens is 6. The van der Waals surface area contributed by atoms with Crippen LogP contribution in [0.2, 0.25) is 0 Å². The van der Waals surface area contributed by atoms with Crippen molar-refractivity contribution in [1.82, 2.24) is 0 Å². The first-order valence-electron chi connectivity index (χ1n) is 3.65. The van der Waals surface area contributed by atoms with Crippen molar-refractivity contribution in [2.45, 2.75) is 4.29 Å². The maximum Gasteiger partial charge on any atom is 0.159 e. The zero-order valence-electron chi connectivity index (χ0n) is 7.08. The highest BCUT2D eigenvalue weighted by molar-refractivity contribution is 9.39. The highest BCUT2D eigenvalue weighted by atomic mass is 80.0. The number of nitrogens with two attached hydrogens (primary N) is 1. The smallest absolute Gasteiger partial charge is 0.159 e. The molecule has 0 aliphatic heterocycles. The predicted octanol–water partition coefficient (Wildman–Crippen LogP) is 5.86. The summed E-state index contributed by atoms with van der Waals surface area (Å²) in [4.78, 5) is 0. The van der Waals surface area contributed by atoms with Crippen molar-refractivity contribution < 1.29 is 0 Å². The van der Waals surface area contributed by atoms with Crippen LogP contribution >= 0.6 is 95.6 Å². The average Bonchev–Trinajstić information content (AvgIpc) is 1.99. The van der Waals surface area contributed by atoms with E-state index in [0.29, 0.717) is 5.69 Å². The molecule has 15 heavy (non-hydrogen) atoms. The van der Waals surface area contributed by atoms with E-state index < -0.39 is 4.29 Å².